The zero-order valence-corrected chi connectivity index (χ0v) is 24.8. The second-order valence-electron chi connectivity index (χ2n) is 10.2. The second-order valence-corrected chi connectivity index (χ2v) is 12.4. The summed E-state index contributed by atoms with van der Waals surface area (Å²) in [6, 6.07) is 31.4. The summed E-state index contributed by atoms with van der Waals surface area (Å²) >= 11 is 6.52. The minimum atomic E-state index is -3.56. The van der Waals surface area contributed by atoms with E-state index in [0.717, 1.165) is 39.5 Å². The zero-order valence-electron chi connectivity index (χ0n) is 23.2. The zero-order chi connectivity index (χ0) is 29.9. The number of aromatic nitrogens is 1. The maximum Gasteiger partial charge on any atom is 0.335 e. The van der Waals surface area contributed by atoms with Crippen molar-refractivity contribution in [1.82, 2.24) is 9.29 Å². The summed E-state index contributed by atoms with van der Waals surface area (Å²) in [5.74, 6) is -0.596. The van der Waals surface area contributed by atoms with Crippen molar-refractivity contribution in [2.75, 3.05) is 12.9 Å². The van der Waals surface area contributed by atoms with E-state index in [9.17, 15) is 18.3 Å². The molecule has 0 radical (unpaired) electrons. The van der Waals surface area contributed by atoms with Crippen molar-refractivity contribution in [3.05, 3.63) is 136 Å². The molecule has 0 saturated carbocycles. The number of benzene rings is 4. The van der Waals surface area contributed by atoms with E-state index in [1.807, 2.05) is 61.5 Å². The van der Waals surface area contributed by atoms with Gasteiger partial charge in [0.15, 0.2) is 0 Å². The summed E-state index contributed by atoms with van der Waals surface area (Å²) in [7, 11) is -3.56. The van der Waals surface area contributed by atoms with Crippen LogP contribution in [0.4, 0.5) is 0 Å². The lowest BCUT2D eigenvalue weighted by Crippen LogP contribution is -2.29. The molecule has 0 fully saturated rings. The van der Waals surface area contributed by atoms with E-state index in [1.165, 1.54) is 12.1 Å². The highest BCUT2D eigenvalue weighted by molar-refractivity contribution is 7.88. The van der Waals surface area contributed by atoms with Crippen LogP contribution in [0, 0.1) is 0 Å². The molecular formula is C33H31ClN2O5S. The van der Waals surface area contributed by atoms with Gasteiger partial charge < -0.3 is 14.4 Å². The fourth-order valence-electron chi connectivity index (χ4n) is 5.51. The monoisotopic (exact) mass is 602 g/mol. The van der Waals surface area contributed by atoms with E-state index < -0.39 is 22.0 Å². The van der Waals surface area contributed by atoms with Crippen LogP contribution in [0.5, 0.6) is 5.75 Å². The highest BCUT2D eigenvalue weighted by atomic mass is 35.5. The molecule has 7 nitrogen and oxygen atoms in total. The Balaban J connectivity index is 1.70. The lowest BCUT2D eigenvalue weighted by Gasteiger charge is -2.27. The molecule has 0 aliphatic carbocycles. The summed E-state index contributed by atoms with van der Waals surface area (Å²) in [6.45, 7) is 2.07. The van der Waals surface area contributed by atoms with Crippen molar-refractivity contribution >= 4 is 38.5 Å². The number of fused-ring (bicyclic) bond motifs is 1. The standard InChI is InChI=1S/C33H31ClN2O5S/c1-22(35-42(2,39)40)31-28(18-19-41-27-15-9-14-25(20-27)33(37)38)29-21-26(34)16-17-30(29)36(31)32(23-10-5-3-6-11-23)24-12-7-4-8-13-24/h3-17,20-22,32,35H,18-19H2,1-2H3,(H,37,38). The van der Waals surface area contributed by atoms with Crippen LogP contribution >= 0.6 is 11.6 Å². The highest BCUT2D eigenvalue weighted by Crippen LogP contribution is 2.40. The van der Waals surface area contributed by atoms with Crippen LogP contribution in [-0.4, -0.2) is 36.9 Å². The SMILES string of the molecule is CC(NS(C)(=O)=O)c1c(CCOc2cccc(C(=O)O)c2)c2cc(Cl)ccc2n1C(c1ccccc1)c1ccccc1. The number of rotatable bonds is 11. The van der Waals surface area contributed by atoms with Crippen LogP contribution in [0.1, 0.15) is 51.7 Å². The van der Waals surface area contributed by atoms with Gasteiger partial charge in [0.05, 0.1) is 30.5 Å². The number of carbonyl (C=O) groups is 1. The largest absolute Gasteiger partial charge is 0.493 e. The normalized spacial score (nSPS) is 12.5. The fraction of sp³-hybridized carbons (Fsp3) is 0.182. The van der Waals surface area contributed by atoms with Gasteiger partial charge in [-0.15, -0.1) is 0 Å². The van der Waals surface area contributed by atoms with Crippen molar-refractivity contribution in [1.29, 1.82) is 0 Å². The van der Waals surface area contributed by atoms with Gasteiger partial charge >= 0.3 is 5.97 Å². The van der Waals surface area contributed by atoms with Gasteiger partial charge in [-0.1, -0.05) is 78.3 Å². The van der Waals surface area contributed by atoms with Crippen LogP contribution in [0.15, 0.2) is 103 Å². The Morgan fingerprint density at radius 1 is 0.929 bits per heavy atom. The Bertz CT molecular complexity index is 1780. The molecule has 1 unspecified atom stereocenters. The molecule has 0 spiro atoms. The molecule has 1 aromatic heterocycles. The molecule has 0 aliphatic heterocycles. The van der Waals surface area contributed by atoms with Crippen LogP contribution < -0.4 is 9.46 Å². The summed E-state index contributed by atoms with van der Waals surface area (Å²) in [4.78, 5) is 11.4. The number of halogens is 1. The fourth-order valence-corrected chi connectivity index (χ4v) is 6.44. The lowest BCUT2D eigenvalue weighted by atomic mass is 9.97. The molecule has 5 rings (SSSR count). The van der Waals surface area contributed by atoms with Gasteiger partial charge in [-0.2, -0.15) is 0 Å². The van der Waals surface area contributed by atoms with Crippen LogP contribution in [-0.2, 0) is 16.4 Å². The van der Waals surface area contributed by atoms with Gasteiger partial charge in [-0.25, -0.2) is 17.9 Å². The average Bonchev–Trinajstić information content (AvgIpc) is 3.26. The maximum atomic E-state index is 12.5. The Morgan fingerprint density at radius 2 is 1.57 bits per heavy atom. The van der Waals surface area contributed by atoms with Gasteiger partial charge in [0, 0.05) is 28.0 Å². The Kier molecular flexibility index (Phi) is 8.68. The summed E-state index contributed by atoms with van der Waals surface area (Å²) in [5, 5.41) is 10.8. The lowest BCUT2D eigenvalue weighted by molar-refractivity contribution is 0.0696. The van der Waals surface area contributed by atoms with E-state index in [1.54, 1.807) is 12.1 Å². The Morgan fingerprint density at radius 3 is 2.17 bits per heavy atom. The maximum absolute atomic E-state index is 12.5. The van der Waals surface area contributed by atoms with Gasteiger partial charge in [0.25, 0.3) is 0 Å². The van der Waals surface area contributed by atoms with Crippen molar-refractivity contribution in [3.63, 3.8) is 0 Å². The summed E-state index contributed by atoms with van der Waals surface area (Å²) in [5.41, 5.74) is 4.79. The van der Waals surface area contributed by atoms with Gasteiger partial charge in [-0.3, -0.25) is 0 Å². The number of carboxylic acids is 1. The van der Waals surface area contributed by atoms with Gasteiger partial charge in [-0.05, 0) is 60.0 Å². The number of hydrogen-bond acceptors (Lipinski definition) is 4. The molecule has 1 atom stereocenters. The van der Waals surface area contributed by atoms with Crippen molar-refractivity contribution in [2.45, 2.75) is 25.4 Å². The highest BCUT2D eigenvalue weighted by Gasteiger charge is 2.29. The average molecular weight is 603 g/mol. The minimum absolute atomic E-state index is 0.135. The van der Waals surface area contributed by atoms with Crippen LogP contribution in [0.2, 0.25) is 5.02 Å². The molecule has 9 heteroatoms. The number of aromatic carboxylic acids is 1. The first-order chi connectivity index (χ1) is 20.1. The minimum Gasteiger partial charge on any atom is -0.493 e. The Hall–Kier alpha value is -4.11. The number of ether oxygens (including phenoxy) is 1. The quantitative estimate of drug-likeness (QED) is 0.172. The van der Waals surface area contributed by atoms with Crippen molar-refractivity contribution < 1.29 is 23.1 Å². The number of nitrogens with zero attached hydrogens (tertiary/aromatic N) is 1. The van der Waals surface area contributed by atoms with Crippen molar-refractivity contribution in [2.24, 2.45) is 0 Å². The van der Waals surface area contributed by atoms with Gasteiger partial charge in [0.1, 0.15) is 5.75 Å². The molecule has 0 amide bonds. The molecular weight excluding hydrogens is 572 g/mol. The van der Waals surface area contributed by atoms with E-state index in [-0.39, 0.29) is 18.2 Å². The molecule has 5 aromatic rings. The molecule has 2 N–H and O–H groups in total. The number of sulfonamides is 1. The first-order valence-electron chi connectivity index (χ1n) is 13.5. The smallest absolute Gasteiger partial charge is 0.335 e. The third kappa shape index (κ3) is 6.51. The first-order valence-corrected chi connectivity index (χ1v) is 15.7. The number of carboxylic acid groups (broad SMARTS) is 1. The van der Waals surface area contributed by atoms with Crippen molar-refractivity contribution in [3.8, 4) is 5.75 Å². The predicted octanol–water partition coefficient (Wildman–Crippen LogP) is 6.86. The third-order valence-electron chi connectivity index (χ3n) is 7.10. The van der Waals surface area contributed by atoms with E-state index in [0.29, 0.717) is 17.2 Å². The topological polar surface area (TPSA) is 97.6 Å². The molecule has 0 saturated heterocycles. The summed E-state index contributed by atoms with van der Waals surface area (Å²) < 4.78 is 36.0. The Labute approximate surface area is 250 Å². The summed E-state index contributed by atoms with van der Waals surface area (Å²) in [6.07, 6.45) is 1.57. The molecule has 42 heavy (non-hydrogen) atoms. The molecule has 1 heterocycles. The number of nitrogens with one attached hydrogen (secondary N) is 1. The molecule has 216 valence electrons. The van der Waals surface area contributed by atoms with Crippen LogP contribution in [0.25, 0.3) is 10.9 Å². The third-order valence-corrected chi connectivity index (χ3v) is 8.12. The molecule has 0 bridgehead atoms. The number of hydrogen-bond donors (Lipinski definition) is 2. The van der Waals surface area contributed by atoms with Crippen LogP contribution in [0.3, 0.4) is 0 Å². The van der Waals surface area contributed by atoms with E-state index in [4.69, 9.17) is 16.3 Å². The first kappa shape index (κ1) is 29.4. The second kappa shape index (κ2) is 12.4. The van der Waals surface area contributed by atoms with Gasteiger partial charge in [0.2, 0.25) is 10.0 Å². The van der Waals surface area contributed by atoms with E-state index >= 15 is 0 Å². The molecule has 4 aromatic carbocycles. The van der Waals surface area contributed by atoms with E-state index in [2.05, 4.69) is 33.6 Å². The predicted molar refractivity (Wildman–Crippen MR) is 166 cm³/mol. The molecule has 0 aliphatic rings.